The van der Waals surface area contributed by atoms with Crippen LogP contribution in [-0.4, -0.2) is 56.4 Å². The molecule has 0 bridgehead atoms. The minimum absolute atomic E-state index is 0. The molecule has 1 fully saturated rings. The molecule has 27 heavy (non-hydrogen) atoms. The average molecular weight is 489 g/mol. The molecule has 0 saturated carbocycles. The Hall–Kier alpha value is -1.02. The molecule has 1 N–H and O–H groups in total. The zero-order chi connectivity index (χ0) is 18.8. The molecule has 1 aliphatic rings. The number of nitrogens with one attached hydrogen (secondary N) is 1. The third kappa shape index (κ3) is 8.25. The number of hydrogen-bond acceptors (Lipinski definition) is 3. The predicted octanol–water partition coefficient (Wildman–Crippen LogP) is 4.17. The van der Waals surface area contributed by atoms with E-state index in [9.17, 15) is 0 Å². The maximum atomic E-state index is 6.08. The topological polar surface area (TPSA) is 46.1 Å². The van der Waals surface area contributed by atoms with Gasteiger partial charge in [0.1, 0.15) is 11.9 Å². The number of para-hydroxylation sites is 1. The lowest BCUT2D eigenvalue weighted by atomic mass is 10.0. The summed E-state index contributed by atoms with van der Waals surface area (Å²) < 4.78 is 11.9. The van der Waals surface area contributed by atoms with E-state index in [1.165, 1.54) is 0 Å². The number of hydrogen-bond donors (Lipinski definition) is 1. The van der Waals surface area contributed by atoms with Crippen molar-refractivity contribution < 1.29 is 9.47 Å². The van der Waals surface area contributed by atoms with E-state index in [0.717, 1.165) is 57.2 Å². The molecule has 5 nitrogen and oxygen atoms in total. The van der Waals surface area contributed by atoms with Gasteiger partial charge in [-0.25, -0.2) is 0 Å². The van der Waals surface area contributed by atoms with E-state index in [0.29, 0.717) is 12.0 Å². The van der Waals surface area contributed by atoms with E-state index in [1.807, 2.05) is 37.4 Å². The molecular formula is C21H36IN3O2. The van der Waals surface area contributed by atoms with E-state index in [1.54, 1.807) is 0 Å². The van der Waals surface area contributed by atoms with Gasteiger partial charge in [0.2, 0.25) is 0 Å². The van der Waals surface area contributed by atoms with Crippen LogP contribution < -0.4 is 10.1 Å². The number of rotatable bonds is 8. The Morgan fingerprint density at radius 3 is 2.44 bits per heavy atom. The standard InChI is InChI=1S/C21H35N3O2.HI/c1-5-25-20(17(2)3)11-14-23-21(22-4)24-15-12-19(13-16-24)26-18-9-7-6-8-10-18;/h6-10,17,19-20H,5,11-16H2,1-4H3,(H,22,23);1H. The van der Waals surface area contributed by atoms with Gasteiger partial charge in [-0.1, -0.05) is 32.0 Å². The summed E-state index contributed by atoms with van der Waals surface area (Å²) in [5, 5.41) is 3.50. The smallest absolute Gasteiger partial charge is 0.193 e. The average Bonchev–Trinajstić information content (AvgIpc) is 2.66. The normalized spacial score (nSPS) is 16.8. The summed E-state index contributed by atoms with van der Waals surface area (Å²) >= 11 is 0. The highest BCUT2D eigenvalue weighted by molar-refractivity contribution is 14.0. The SMILES string of the molecule is CCOC(CCNC(=NC)N1CCC(Oc2ccccc2)CC1)C(C)C.I. The molecule has 2 rings (SSSR count). The van der Waals surface area contributed by atoms with Gasteiger partial charge in [0.25, 0.3) is 0 Å². The quantitative estimate of drug-likeness (QED) is 0.338. The van der Waals surface area contributed by atoms with Gasteiger partial charge >= 0.3 is 0 Å². The van der Waals surface area contributed by atoms with Crippen LogP contribution in [0.25, 0.3) is 0 Å². The van der Waals surface area contributed by atoms with E-state index >= 15 is 0 Å². The molecule has 0 spiro atoms. The molecule has 0 aliphatic carbocycles. The van der Waals surface area contributed by atoms with Crippen LogP contribution in [0.1, 0.15) is 40.0 Å². The van der Waals surface area contributed by atoms with Gasteiger partial charge in [0, 0.05) is 46.1 Å². The second-order valence-electron chi connectivity index (χ2n) is 7.12. The highest BCUT2D eigenvalue weighted by Crippen LogP contribution is 2.18. The molecule has 154 valence electrons. The summed E-state index contributed by atoms with van der Waals surface area (Å²) in [7, 11) is 1.86. The van der Waals surface area contributed by atoms with Gasteiger partial charge < -0.3 is 19.7 Å². The Kier molecular flexibility index (Phi) is 11.7. The van der Waals surface area contributed by atoms with Gasteiger partial charge in [-0.2, -0.15) is 0 Å². The first-order valence-electron chi connectivity index (χ1n) is 9.93. The fraction of sp³-hybridized carbons (Fsp3) is 0.667. The van der Waals surface area contributed by atoms with E-state index in [-0.39, 0.29) is 30.1 Å². The van der Waals surface area contributed by atoms with Crippen LogP contribution >= 0.6 is 24.0 Å². The first-order chi connectivity index (χ1) is 12.6. The van der Waals surface area contributed by atoms with Gasteiger partial charge in [0.05, 0.1) is 6.10 Å². The third-order valence-corrected chi connectivity index (χ3v) is 4.84. The number of guanidine groups is 1. The van der Waals surface area contributed by atoms with Crippen LogP contribution in [-0.2, 0) is 4.74 Å². The van der Waals surface area contributed by atoms with Crippen LogP contribution in [0.5, 0.6) is 5.75 Å². The Morgan fingerprint density at radius 1 is 1.22 bits per heavy atom. The summed E-state index contributed by atoms with van der Waals surface area (Å²) in [5.41, 5.74) is 0. The van der Waals surface area contributed by atoms with Crippen LogP contribution in [0.3, 0.4) is 0 Å². The van der Waals surface area contributed by atoms with Crippen LogP contribution in [0.2, 0.25) is 0 Å². The molecule has 1 aromatic carbocycles. The number of piperidine rings is 1. The van der Waals surface area contributed by atoms with Crippen LogP contribution in [0, 0.1) is 5.92 Å². The molecule has 1 saturated heterocycles. The number of likely N-dealkylation sites (tertiary alicyclic amines) is 1. The molecule has 1 atom stereocenters. The zero-order valence-corrected chi connectivity index (χ0v) is 19.5. The second-order valence-corrected chi connectivity index (χ2v) is 7.12. The number of nitrogens with zero attached hydrogens (tertiary/aromatic N) is 2. The lowest BCUT2D eigenvalue weighted by Crippen LogP contribution is -2.48. The van der Waals surface area contributed by atoms with E-state index in [4.69, 9.17) is 9.47 Å². The van der Waals surface area contributed by atoms with Crippen molar-refractivity contribution in [2.45, 2.75) is 52.2 Å². The van der Waals surface area contributed by atoms with Gasteiger partial charge in [0.15, 0.2) is 5.96 Å². The van der Waals surface area contributed by atoms with Crippen LogP contribution in [0.4, 0.5) is 0 Å². The Balaban J connectivity index is 0.00000364. The van der Waals surface area contributed by atoms with Crippen molar-refractivity contribution in [3.8, 4) is 5.75 Å². The van der Waals surface area contributed by atoms with Gasteiger partial charge in [-0.3, -0.25) is 4.99 Å². The van der Waals surface area contributed by atoms with Crippen molar-refractivity contribution in [2.24, 2.45) is 10.9 Å². The fourth-order valence-corrected chi connectivity index (χ4v) is 3.36. The largest absolute Gasteiger partial charge is 0.490 e. The predicted molar refractivity (Wildman–Crippen MR) is 123 cm³/mol. The third-order valence-electron chi connectivity index (χ3n) is 4.84. The Bertz CT molecular complexity index is 531. The highest BCUT2D eigenvalue weighted by Gasteiger charge is 2.23. The molecule has 0 amide bonds. The number of aliphatic imine (C=N–C) groups is 1. The summed E-state index contributed by atoms with van der Waals surface area (Å²) in [6.07, 6.45) is 3.62. The van der Waals surface area contributed by atoms with Crippen molar-refractivity contribution in [3.63, 3.8) is 0 Å². The molecule has 0 radical (unpaired) electrons. The Morgan fingerprint density at radius 2 is 1.89 bits per heavy atom. The molecule has 1 heterocycles. The number of benzene rings is 1. The minimum atomic E-state index is 0. The number of ether oxygens (including phenoxy) is 2. The van der Waals surface area contributed by atoms with E-state index < -0.39 is 0 Å². The molecule has 1 aliphatic heterocycles. The summed E-state index contributed by atoms with van der Waals surface area (Å²) in [6, 6.07) is 10.1. The van der Waals surface area contributed by atoms with Gasteiger partial charge in [-0.15, -0.1) is 24.0 Å². The molecule has 1 unspecified atom stereocenters. The molecule has 0 aromatic heterocycles. The second kappa shape index (κ2) is 13.2. The zero-order valence-electron chi connectivity index (χ0n) is 17.2. The van der Waals surface area contributed by atoms with Gasteiger partial charge in [-0.05, 0) is 31.4 Å². The molecular weight excluding hydrogens is 453 g/mol. The lowest BCUT2D eigenvalue weighted by Gasteiger charge is -2.34. The van der Waals surface area contributed by atoms with Crippen molar-refractivity contribution in [1.29, 1.82) is 0 Å². The summed E-state index contributed by atoms with van der Waals surface area (Å²) in [5.74, 6) is 2.48. The summed E-state index contributed by atoms with van der Waals surface area (Å²) in [6.45, 7) is 10.1. The lowest BCUT2D eigenvalue weighted by molar-refractivity contribution is 0.0257. The minimum Gasteiger partial charge on any atom is -0.490 e. The van der Waals surface area contributed by atoms with Crippen LogP contribution in [0.15, 0.2) is 35.3 Å². The maximum Gasteiger partial charge on any atom is 0.193 e. The molecule has 6 heteroatoms. The number of halogens is 1. The first-order valence-corrected chi connectivity index (χ1v) is 9.93. The fourth-order valence-electron chi connectivity index (χ4n) is 3.36. The Labute approximate surface area is 181 Å². The maximum absolute atomic E-state index is 6.08. The highest BCUT2D eigenvalue weighted by atomic mass is 127. The molecule has 1 aromatic rings. The van der Waals surface area contributed by atoms with Crippen molar-refractivity contribution in [3.05, 3.63) is 30.3 Å². The van der Waals surface area contributed by atoms with Crippen molar-refractivity contribution >= 4 is 29.9 Å². The van der Waals surface area contributed by atoms with Crippen molar-refractivity contribution in [2.75, 3.05) is 33.3 Å². The van der Waals surface area contributed by atoms with E-state index in [2.05, 4.69) is 36.0 Å². The summed E-state index contributed by atoms with van der Waals surface area (Å²) in [4.78, 5) is 6.79. The monoisotopic (exact) mass is 489 g/mol. The van der Waals surface area contributed by atoms with Crippen molar-refractivity contribution in [1.82, 2.24) is 10.2 Å². The first kappa shape index (κ1) is 24.0.